The summed E-state index contributed by atoms with van der Waals surface area (Å²) >= 11 is 9.52. The van der Waals surface area contributed by atoms with Gasteiger partial charge in [0, 0.05) is 9.50 Å². The van der Waals surface area contributed by atoms with Crippen LogP contribution < -0.4 is 0 Å². The Balaban J connectivity index is 1.97. The minimum Gasteiger partial charge on any atom is -0.478 e. The van der Waals surface area contributed by atoms with Gasteiger partial charge in [-0.15, -0.1) is 0 Å². The van der Waals surface area contributed by atoms with Crippen molar-refractivity contribution in [3.8, 4) is 0 Å². The maximum Gasteiger partial charge on any atom is 0.333 e. The molecule has 4 rings (SSSR count). The number of nitrogens with zero attached hydrogens (tertiary/aromatic N) is 1. The molecule has 0 spiro atoms. The SMILES string of the molecule is Cc1ccc(S(=O)(=O)N2[C@@H](c3ccc(Cl)cc3)C(C(=O)O)=CC[C@H]2c2cccc(Br)c2)cc1. The number of benzene rings is 3. The predicted molar refractivity (Wildman–Crippen MR) is 132 cm³/mol. The molecule has 0 aliphatic carbocycles. The second-order valence-corrected chi connectivity index (χ2v) is 11.1. The maximum absolute atomic E-state index is 14.1. The Labute approximate surface area is 206 Å². The monoisotopic (exact) mass is 545 g/mol. The lowest BCUT2D eigenvalue weighted by Gasteiger charge is -2.40. The topological polar surface area (TPSA) is 74.7 Å². The fourth-order valence-corrected chi connectivity index (χ4v) is 6.40. The molecule has 1 N–H and O–H groups in total. The summed E-state index contributed by atoms with van der Waals surface area (Å²) in [5, 5.41) is 10.5. The van der Waals surface area contributed by atoms with Gasteiger partial charge in [0.15, 0.2) is 0 Å². The van der Waals surface area contributed by atoms with Gasteiger partial charge in [0.1, 0.15) is 0 Å². The first-order valence-electron chi connectivity index (χ1n) is 10.2. The van der Waals surface area contributed by atoms with Gasteiger partial charge >= 0.3 is 5.97 Å². The zero-order valence-corrected chi connectivity index (χ0v) is 20.8. The number of hydrogen-bond donors (Lipinski definition) is 1. The molecule has 0 radical (unpaired) electrons. The van der Waals surface area contributed by atoms with Crippen molar-refractivity contribution >= 4 is 43.5 Å². The number of hydrogen-bond acceptors (Lipinski definition) is 3. The Morgan fingerprint density at radius 3 is 2.30 bits per heavy atom. The van der Waals surface area contributed by atoms with Crippen molar-refractivity contribution < 1.29 is 18.3 Å². The summed E-state index contributed by atoms with van der Waals surface area (Å²) in [5.41, 5.74) is 2.24. The number of aliphatic carboxylic acids is 1. The lowest BCUT2D eigenvalue weighted by atomic mass is 9.89. The van der Waals surface area contributed by atoms with E-state index in [1.807, 2.05) is 31.2 Å². The van der Waals surface area contributed by atoms with Crippen molar-refractivity contribution in [2.75, 3.05) is 0 Å². The van der Waals surface area contributed by atoms with Crippen molar-refractivity contribution in [3.63, 3.8) is 0 Å². The highest BCUT2D eigenvalue weighted by atomic mass is 79.9. The number of carbonyl (C=O) groups is 1. The van der Waals surface area contributed by atoms with Gasteiger partial charge in [-0.25, -0.2) is 13.2 Å². The maximum atomic E-state index is 14.1. The Bertz CT molecular complexity index is 1320. The molecule has 1 aliphatic rings. The molecule has 0 saturated heterocycles. The third-order valence-corrected chi connectivity index (χ3v) is 8.31. The van der Waals surface area contributed by atoms with Crippen LogP contribution in [0, 0.1) is 6.92 Å². The average molecular weight is 547 g/mol. The van der Waals surface area contributed by atoms with Crippen molar-refractivity contribution in [3.05, 3.63) is 111 Å². The summed E-state index contributed by atoms with van der Waals surface area (Å²) < 4.78 is 30.2. The fraction of sp³-hybridized carbons (Fsp3) is 0.160. The van der Waals surface area contributed by atoms with Crippen LogP contribution >= 0.6 is 27.5 Å². The highest BCUT2D eigenvalue weighted by Crippen LogP contribution is 2.46. The van der Waals surface area contributed by atoms with Gasteiger partial charge in [-0.1, -0.05) is 75.6 Å². The number of halogens is 2. The Kier molecular flexibility index (Phi) is 6.77. The van der Waals surface area contributed by atoms with Crippen LogP contribution in [0.4, 0.5) is 0 Å². The molecular weight excluding hydrogens is 526 g/mol. The van der Waals surface area contributed by atoms with E-state index in [9.17, 15) is 18.3 Å². The zero-order chi connectivity index (χ0) is 23.8. The highest BCUT2D eigenvalue weighted by molar-refractivity contribution is 9.10. The molecule has 8 heteroatoms. The van der Waals surface area contributed by atoms with E-state index >= 15 is 0 Å². The van der Waals surface area contributed by atoms with Crippen molar-refractivity contribution in [1.82, 2.24) is 4.31 Å². The third-order valence-electron chi connectivity index (χ3n) is 5.68. The third kappa shape index (κ3) is 4.77. The van der Waals surface area contributed by atoms with E-state index in [4.69, 9.17) is 11.6 Å². The lowest BCUT2D eigenvalue weighted by Crippen LogP contribution is -2.42. The smallest absolute Gasteiger partial charge is 0.333 e. The fourth-order valence-electron chi connectivity index (χ4n) is 4.08. The molecule has 0 aromatic heterocycles. The number of rotatable bonds is 5. The van der Waals surface area contributed by atoms with Crippen LogP contribution in [-0.4, -0.2) is 23.8 Å². The molecule has 170 valence electrons. The second kappa shape index (κ2) is 9.43. The van der Waals surface area contributed by atoms with E-state index in [1.165, 1.54) is 4.31 Å². The van der Waals surface area contributed by atoms with Crippen molar-refractivity contribution in [1.29, 1.82) is 0 Å². The van der Waals surface area contributed by atoms with E-state index in [-0.39, 0.29) is 16.9 Å². The predicted octanol–water partition coefficient (Wildman–Crippen LogP) is 6.30. The molecule has 0 bridgehead atoms. The zero-order valence-electron chi connectivity index (χ0n) is 17.7. The van der Waals surface area contributed by atoms with E-state index in [2.05, 4.69) is 15.9 Å². The number of carboxylic acids is 1. The molecule has 0 amide bonds. The van der Waals surface area contributed by atoms with Crippen LogP contribution in [0.25, 0.3) is 0 Å². The minimum atomic E-state index is -4.08. The summed E-state index contributed by atoms with van der Waals surface area (Å²) in [6, 6.07) is 19.0. The Morgan fingerprint density at radius 2 is 1.70 bits per heavy atom. The lowest BCUT2D eigenvalue weighted by molar-refractivity contribution is -0.133. The molecule has 0 saturated carbocycles. The highest BCUT2D eigenvalue weighted by Gasteiger charge is 2.44. The van der Waals surface area contributed by atoms with Gasteiger partial charge in [0.2, 0.25) is 10.0 Å². The van der Waals surface area contributed by atoms with E-state index in [0.717, 1.165) is 15.6 Å². The molecule has 0 fully saturated rings. The summed E-state index contributed by atoms with van der Waals surface area (Å²) in [6.07, 6.45) is 1.85. The van der Waals surface area contributed by atoms with E-state index in [1.54, 1.807) is 54.6 Å². The summed E-state index contributed by atoms with van der Waals surface area (Å²) in [5.74, 6) is -1.16. The van der Waals surface area contributed by atoms with Crippen LogP contribution in [0.2, 0.25) is 5.02 Å². The van der Waals surface area contributed by atoms with E-state index in [0.29, 0.717) is 10.6 Å². The van der Waals surface area contributed by atoms with Gasteiger partial charge in [-0.3, -0.25) is 0 Å². The number of aryl methyl sites for hydroxylation is 1. The molecular formula is C25H21BrClNO4S. The van der Waals surface area contributed by atoms with Gasteiger partial charge in [0.25, 0.3) is 0 Å². The van der Waals surface area contributed by atoms with E-state index < -0.39 is 28.1 Å². The van der Waals surface area contributed by atoms with Crippen molar-refractivity contribution in [2.45, 2.75) is 30.3 Å². The molecule has 2 atom stereocenters. The summed E-state index contributed by atoms with van der Waals surface area (Å²) in [7, 11) is -4.08. The molecule has 1 heterocycles. The van der Waals surface area contributed by atoms with Crippen LogP contribution in [0.15, 0.2) is 93.8 Å². The first kappa shape index (κ1) is 23.7. The van der Waals surface area contributed by atoms with Crippen molar-refractivity contribution in [2.24, 2.45) is 0 Å². The first-order chi connectivity index (χ1) is 15.7. The van der Waals surface area contributed by atoms with Gasteiger partial charge in [0.05, 0.1) is 22.6 Å². The quantitative estimate of drug-likeness (QED) is 0.408. The Hall–Kier alpha value is -2.45. The molecule has 33 heavy (non-hydrogen) atoms. The van der Waals surface area contributed by atoms with Crippen LogP contribution in [0.5, 0.6) is 0 Å². The van der Waals surface area contributed by atoms with Gasteiger partial charge < -0.3 is 5.11 Å². The molecule has 3 aromatic carbocycles. The molecule has 1 aliphatic heterocycles. The Morgan fingerprint density at radius 1 is 1.03 bits per heavy atom. The molecule has 0 unspecified atom stereocenters. The number of sulfonamides is 1. The van der Waals surface area contributed by atoms with Gasteiger partial charge in [-0.05, 0) is 60.9 Å². The largest absolute Gasteiger partial charge is 0.478 e. The van der Waals surface area contributed by atoms with Crippen LogP contribution in [-0.2, 0) is 14.8 Å². The molecule has 5 nitrogen and oxygen atoms in total. The molecule has 3 aromatic rings. The standard InChI is InChI=1S/C25H21BrClNO4S/c1-16-5-11-21(12-6-16)33(31,32)28-23(18-3-2-4-19(26)15-18)14-13-22(25(29)30)24(28)17-7-9-20(27)10-8-17/h2-13,15,23-24H,14H2,1H3,(H,29,30)/t23-,24-/m0/s1. The number of carboxylic acid groups (broad SMARTS) is 1. The van der Waals surface area contributed by atoms with Crippen LogP contribution in [0.1, 0.15) is 35.2 Å². The summed E-state index contributed by atoms with van der Waals surface area (Å²) in [6.45, 7) is 1.88. The van der Waals surface area contributed by atoms with Gasteiger partial charge in [-0.2, -0.15) is 4.31 Å². The normalized spacial score (nSPS) is 19.2. The van der Waals surface area contributed by atoms with Crippen LogP contribution in [0.3, 0.4) is 0 Å². The minimum absolute atomic E-state index is 0.0132. The first-order valence-corrected chi connectivity index (χ1v) is 12.8. The average Bonchev–Trinajstić information content (AvgIpc) is 2.79. The summed E-state index contributed by atoms with van der Waals surface area (Å²) in [4.78, 5) is 12.3. The second-order valence-electron chi connectivity index (χ2n) is 7.87.